The van der Waals surface area contributed by atoms with Crippen molar-refractivity contribution in [3.8, 4) is 11.4 Å². The van der Waals surface area contributed by atoms with E-state index in [4.69, 9.17) is 9.36 Å². The van der Waals surface area contributed by atoms with Crippen molar-refractivity contribution in [2.75, 3.05) is 0 Å². The van der Waals surface area contributed by atoms with Crippen LogP contribution < -0.4 is 0 Å². The van der Waals surface area contributed by atoms with E-state index in [2.05, 4.69) is 17.1 Å². The fraction of sp³-hybridized carbons (Fsp3) is 0.500. The molecule has 0 aliphatic heterocycles. The van der Waals surface area contributed by atoms with Crippen molar-refractivity contribution in [2.45, 2.75) is 97.3 Å². The van der Waals surface area contributed by atoms with Crippen LogP contribution in [0.25, 0.3) is 11.4 Å². The average Bonchev–Trinajstić information content (AvgIpc) is 3.36. The Labute approximate surface area is 228 Å². The largest absolute Gasteiger partial charge is 0.416 e. The molecule has 0 bridgehead atoms. The molecular weight excluding hydrogens is 507 g/mol. The smallest absolute Gasteiger partial charge is 0.368 e. The van der Waals surface area contributed by atoms with Gasteiger partial charge in [-0.3, -0.25) is 4.79 Å². The number of carbonyl (C=O) groups excluding carboxylic acids is 1. The Morgan fingerprint density at radius 1 is 0.846 bits per heavy atom. The lowest BCUT2D eigenvalue weighted by atomic mass is 10.1. The minimum absolute atomic E-state index is 0.145. The molecule has 3 rings (SSSR count). The van der Waals surface area contributed by atoms with Crippen molar-refractivity contribution < 1.29 is 27.3 Å². The van der Waals surface area contributed by atoms with Crippen LogP contribution in [0.2, 0.25) is 0 Å². The van der Waals surface area contributed by atoms with Crippen molar-refractivity contribution >= 4 is 5.97 Å². The first kappa shape index (κ1) is 30.3. The number of benzene rings is 2. The molecule has 39 heavy (non-hydrogen) atoms. The molecule has 0 N–H and O–H groups in total. The average molecular weight is 546 g/mol. The van der Waals surface area contributed by atoms with Crippen molar-refractivity contribution in [3.05, 3.63) is 71.1 Å². The maximum absolute atomic E-state index is 12.8. The molecule has 0 aliphatic carbocycles. The van der Waals surface area contributed by atoms with E-state index in [1.54, 1.807) is 0 Å². The van der Waals surface area contributed by atoms with Gasteiger partial charge in [0.2, 0.25) is 11.7 Å². The topological polar surface area (TPSA) is 68.5 Å². The summed E-state index contributed by atoms with van der Waals surface area (Å²) >= 11 is 0. The third-order valence-corrected chi connectivity index (χ3v) is 6.43. The van der Waals surface area contributed by atoms with Crippen LogP contribution in [0.1, 0.15) is 94.2 Å². The Kier molecular flexibility index (Phi) is 12.0. The monoisotopic (exact) mass is 545 g/mol. The molecule has 1 heterocycles. The standard InChI is InChI=1S/C30H38F3N3O3/c1-3-4-5-6-7-8-9-10-11-12-28-34-29(35-38-28)26-17-13-24(14-18-26)21-36(39-23(2)37)22-25-15-19-27(20-16-25)30(31,32)33/h13-20H,3-12,21-22H2,1-2H3. The van der Waals surface area contributed by atoms with Gasteiger partial charge in [-0.05, 0) is 29.7 Å². The van der Waals surface area contributed by atoms with Gasteiger partial charge in [0.1, 0.15) is 0 Å². The molecule has 0 saturated carbocycles. The zero-order chi connectivity index (χ0) is 28.1. The Morgan fingerprint density at radius 3 is 1.92 bits per heavy atom. The van der Waals surface area contributed by atoms with Crippen LogP contribution in [-0.4, -0.2) is 21.2 Å². The maximum atomic E-state index is 12.8. The number of hydrogen-bond acceptors (Lipinski definition) is 6. The summed E-state index contributed by atoms with van der Waals surface area (Å²) in [6, 6.07) is 12.3. The van der Waals surface area contributed by atoms with Gasteiger partial charge in [-0.25, -0.2) is 0 Å². The van der Waals surface area contributed by atoms with E-state index < -0.39 is 17.7 Å². The van der Waals surface area contributed by atoms with Crippen molar-refractivity contribution in [1.82, 2.24) is 15.2 Å². The molecule has 0 saturated heterocycles. The van der Waals surface area contributed by atoms with Gasteiger partial charge >= 0.3 is 12.1 Å². The molecule has 0 atom stereocenters. The van der Waals surface area contributed by atoms with Gasteiger partial charge in [0.05, 0.1) is 18.7 Å². The van der Waals surface area contributed by atoms with Gasteiger partial charge in [0, 0.05) is 18.9 Å². The first-order chi connectivity index (χ1) is 18.7. The van der Waals surface area contributed by atoms with Crippen molar-refractivity contribution in [1.29, 1.82) is 0 Å². The third-order valence-electron chi connectivity index (χ3n) is 6.43. The summed E-state index contributed by atoms with van der Waals surface area (Å²) in [7, 11) is 0. The van der Waals surface area contributed by atoms with E-state index in [1.807, 2.05) is 24.3 Å². The Hall–Kier alpha value is -3.20. The lowest BCUT2D eigenvalue weighted by molar-refractivity contribution is -0.194. The number of hydrogen-bond donors (Lipinski definition) is 0. The maximum Gasteiger partial charge on any atom is 0.416 e. The second kappa shape index (κ2) is 15.4. The minimum Gasteiger partial charge on any atom is -0.368 e. The van der Waals surface area contributed by atoms with E-state index >= 15 is 0 Å². The summed E-state index contributed by atoms with van der Waals surface area (Å²) in [5.74, 6) is 0.647. The summed E-state index contributed by atoms with van der Waals surface area (Å²) in [5, 5.41) is 5.52. The molecule has 0 amide bonds. The highest BCUT2D eigenvalue weighted by molar-refractivity contribution is 5.65. The molecule has 3 aromatic rings. The number of alkyl halides is 3. The summed E-state index contributed by atoms with van der Waals surface area (Å²) in [5.41, 5.74) is 1.53. The summed E-state index contributed by atoms with van der Waals surface area (Å²) in [6.07, 6.45) is 7.67. The predicted octanol–water partition coefficient (Wildman–Crippen LogP) is 8.31. The Morgan fingerprint density at radius 2 is 1.38 bits per heavy atom. The third kappa shape index (κ3) is 10.8. The number of aryl methyl sites for hydroxylation is 1. The molecule has 2 aromatic carbocycles. The SMILES string of the molecule is CCCCCCCCCCCc1nc(-c2ccc(CN(Cc3ccc(C(F)(F)F)cc3)OC(C)=O)cc2)no1. The number of carbonyl (C=O) groups is 1. The zero-order valence-corrected chi connectivity index (χ0v) is 22.8. The number of rotatable bonds is 16. The van der Waals surface area contributed by atoms with E-state index in [0.717, 1.165) is 42.5 Å². The number of hydroxylamine groups is 2. The predicted molar refractivity (Wildman–Crippen MR) is 143 cm³/mol. The second-order valence-corrected chi connectivity index (χ2v) is 9.86. The lowest BCUT2D eigenvalue weighted by Crippen LogP contribution is -2.25. The van der Waals surface area contributed by atoms with Crippen LogP contribution in [0.5, 0.6) is 0 Å². The van der Waals surface area contributed by atoms with Crippen LogP contribution >= 0.6 is 0 Å². The van der Waals surface area contributed by atoms with Gasteiger partial charge in [-0.15, -0.1) is 5.06 Å². The highest BCUT2D eigenvalue weighted by Crippen LogP contribution is 2.29. The van der Waals surface area contributed by atoms with Gasteiger partial charge in [-0.2, -0.15) is 18.2 Å². The molecule has 1 aromatic heterocycles. The normalized spacial score (nSPS) is 11.7. The second-order valence-electron chi connectivity index (χ2n) is 9.86. The number of halogens is 3. The minimum atomic E-state index is -4.40. The van der Waals surface area contributed by atoms with Crippen molar-refractivity contribution in [2.24, 2.45) is 0 Å². The molecule has 0 radical (unpaired) electrons. The van der Waals surface area contributed by atoms with E-state index in [-0.39, 0.29) is 13.1 Å². The Bertz CT molecular complexity index is 1130. The highest BCUT2D eigenvalue weighted by atomic mass is 19.4. The summed E-state index contributed by atoms with van der Waals surface area (Å²) in [4.78, 5) is 21.4. The van der Waals surface area contributed by atoms with Crippen LogP contribution in [0, 0.1) is 0 Å². The van der Waals surface area contributed by atoms with Crippen LogP contribution in [0.3, 0.4) is 0 Å². The van der Waals surface area contributed by atoms with E-state index in [0.29, 0.717) is 17.3 Å². The number of nitrogens with zero attached hydrogens (tertiary/aromatic N) is 3. The van der Waals surface area contributed by atoms with Gasteiger partial charge in [-0.1, -0.05) is 99.8 Å². The first-order valence-electron chi connectivity index (χ1n) is 13.8. The zero-order valence-electron chi connectivity index (χ0n) is 22.8. The molecule has 0 aliphatic rings. The lowest BCUT2D eigenvalue weighted by Gasteiger charge is -2.21. The summed E-state index contributed by atoms with van der Waals surface area (Å²) in [6.45, 7) is 3.92. The fourth-order valence-electron chi connectivity index (χ4n) is 4.33. The quantitative estimate of drug-likeness (QED) is 0.133. The van der Waals surface area contributed by atoms with Crippen LogP contribution in [-0.2, 0) is 35.3 Å². The van der Waals surface area contributed by atoms with Gasteiger partial charge in [0.25, 0.3) is 0 Å². The van der Waals surface area contributed by atoms with Crippen molar-refractivity contribution in [3.63, 3.8) is 0 Å². The number of aromatic nitrogens is 2. The molecule has 212 valence electrons. The van der Waals surface area contributed by atoms with Gasteiger partial charge in [0.15, 0.2) is 0 Å². The molecular formula is C30H38F3N3O3. The Balaban J connectivity index is 1.49. The van der Waals surface area contributed by atoms with E-state index in [1.165, 1.54) is 69.1 Å². The first-order valence-corrected chi connectivity index (χ1v) is 13.8. The van der Waals surface area contributed by atoms with Crippen LogP contribution in [0.15, 0.2) is 53.1 Å². The molecule has 0 fully saturated rings. The highest BCUT2D eigenvalue weighted by Gasteiger charge is 2.30. The van der Waals surface area contributed by atoms with Gasteiger partial charge < -0.3 is 9.36 Å². The number of unbranched alkanes of at least 4 members (excludes halogenated alkanes) is 8. The van der Waals surface area contributed by atoms with Crippen LogP contribution in [0.4, 0.5) is 13.2 Å². The van der Waals surface area contributed by atoms with E-state index in [9.17, 15) is 18.0 Å². The molecule has 0 unspecified atom stereocenters. The summed E-state index contributed by atoms with van der Waals surface area (Å²) < 4.78 is 43.9. The molecule has 6 nitrogen and oxygen atoms in total. The molecule has 9 heteroatoms. The fourth-order valence-corrected chi connectivity index (χ4v) is 4.33. The molecule has 0 spiro atoms.